The van der Waals surface area contributed by atoms with Gasteiger partial charge in [-0.25, -0.2) is 10.8 Å². The molecule has 1 heterocycles. The molecule has 0 aliphatic rings. The molecule has 0 unspecified atom stereocenters. The Morgan fingerprint density at radius 1 is 1.43 bits per heavy atom. The maximum atomic E-state index is 12.0. The summed E-state index contributed by atoms with van der Waals surface area (Å²) in [7, 11) is 1.54. The van der Waals surface area contributed by atoms with Crippen molar-refractivity contribution in [1.82, 2.24) is 15.3 Å². The first-order chi connectivity index (χ1) is 10.2. The van der Waals surface area contributed by atoms with E-state index < -0.39 is 0 Å². The van der Waals surface area contributed by atoms with Gasteiger partial charge in [0, 0.05) is 17.1 Å². The number of hydrazine groups is 1. The van der Waals surface area contributed by atoms with Crippen LogP contribution in [0.25, 0.3) is 0 Å². The number of aromatic nitrogens is 2. The van der Waals surface area contributed by atoms with E-state index in [-0.39, 0.29) is 18.1 Å². The summed E-state index contributed by atoms with van der Waals surface area (Å²) in [6.45, 7) is 0.212. The summed E-state index contributed by atoms with van der Waals surface area (Å²) >= 11 is 6.10. The number of carbonyl (C=O) groups is 1. The molecule has 0 spiro atoms. The number of nitrogens with zero attached hydrogens (tertiary/aromatic N) is 2. The molecule has 1 amide bonds. The zero-order valence-corrected chi connectivity index (χ0v) is 12.0. The monoisotopic (exact) mass is 307 g/mol. The van der Waals surface area contributed by atoms with E-state index in [1.54, 1.807) is 25.3 Å². The normalized spacial score (nSPS) is 10.0. The quantitative estimate of drug-likeness (QED) is 0.569. The molecule has 1 aromatic heterocycles. The number of ether oxygens (including phenoxy) is 1. The van der Waals surface area contributed by atoms with Crippen molar-refractivity contribution in [3.63, 3.8) is 0 Å². The number of hydrogen-bond donors (Lipinski definition) is 3. The largest absolute Gasteiger partial charge is 0.496 e. The van der Waals surface area contributed by atoms with Crippen molar-refractivity contribution in [3.05, 3.63) is 46.9 Å². The first kappa shape index (κ1) is 15.0. The van der Waals surface area contributed by atoms with Crippen LogP contribution in [-0.2, 0) is 6.54 Å². The van der Waals surface area contributed by atoms with Gasteiger partial charge in [-0.3, -0.25) is 9.78 Å². The predicted molar refractivity (Wildman–Crippen MR) is 79.0 cm³/mol. The second kappa shape index (κ2) is 6.87. The summed E-state index contributed by atoms with van der Waals surface area (Å²) in [5, 5.41) is 3.22. The molecular weight excluding hydrogens is 294 g/mol. The van der Waals surface area contributed by atoms with E-state index in [2.05, 4.69) is 20.7 Å². The fourth-order valence-corrected chi connectivity index (χ4v) is 1.94. The number of nitrogens with one attached hydrogen (secondary N) is 2. The van der Waals surface area contributed by atoms with E-state index in [1.807, 2.05) is 0 Å². The molecule has 110 valence electrons. The van der Waals surface area contributed by atoms with E-state index >= 15 is 0 Å². The summed E-state index contributed by atoms with van der Waals surface area (Å²) in [5.41, 5.74) is 3.17. The lowest BCUT2D eigenvalue weighted by Crippen LogP contribution is -2.25. The van der Waals surface area contributed by atoms with Gasteiger partial charge in [0.2, 0.25) is 0 Å². The summed E-state index contributed by atoms with van der Waals surface area (Å²) in [5.74, 6) is 5.74. The van der Waals surface area contributed by atoms with Gasteiger partial charge >= 0.3 is 0 Å². The predicted octanol–water partition coefficient (Wildman–Crippen LogP) is 1.35. The SMILES string of the molecule is COc1cccc(Cl)c1CNC(=O)c1cncc(NN)n1. The smallest absolute Gasteiger partial charge is 0.271 e. The van der Waals surface area contributed by atoms with Gasteiger partial charge in [0.1, 0.15) is 11.4 Å². The second-order valence-electron chi connectivity index (χ2n) is 4.04. The number of halogens is 1. The summed E-state index contributed by atoms with van der Waals surface area (Å²) in [4.78, 5) is 19.9. The molecule has 7 nitrogen and oxygen atoms in total. The number of nitrogen functional groups attached to an aromatic ring is 1. The van der Waals surface area contributed by atoms with Crippen LogP contribution in [0.4, 0.5) is 5.82 Å². The molecule has 21 heavy (non-hydrogen) atoms. The second-order valence-corrected chi connectivity index (χ2v) is 4.44. The minimum atomic E-state index is -0.387. The average molecular weight is 308 g/mol. The van der Waals surface area contributed by atoms with E-state index in [4.69, 9.17) is 22.2 Å². The van der Waals surface area contributed by atoms with Crippen LogP contribution in [0.5, 0.6) is 5.75 Å². The van der Waals surface area contributed by atoms with Crippen LogP contribution in [-0.4, -0.2) is 23.0 Å². The molecule has 4 N–H and O–H groups in total. The number of benzene rings is 1. The van der Waals surface area contributed by atoms with Crippen LogP contribution in [0.2, 0.25) is 5.02 Å². The average Bonchev–Trinajstić information content (AvgIpc) is 2.53. The van der Waals surface area contributed by atoms with E-state index in [0.717, 1.165) is 0 Å². The highest BCUT2D eigenvalue weighted by Crippen LogP contribution is 2.25. The van der Waals surface area contributed by atoms with Crippen molar-refractivity contribution >= 4 is 23.3 Å². The maximum absolute atomic E-state index is 12.0. The van der Waals surface area contributed by atoms with Crippen LogP contribution in [0, 0.1) is 0 Å². The molecule has 2 rings (SSSR count). The molecule has 0 fully saturated rings. The van der Waals surface area contributed by atoms with Crippen molar-refractivity contribution in [1.29, 1.82) is 0 Å². The van der Waals surface area contributed by atoms with Crippen LogP contribution in [0.3, 0.4) is 0 Å². The van der Waals surface area contributed by atoms with Gasteiger partial charge in [-0.1, -0.05) is 17.7 Å². The standard InChI is InChI=1S/C13H14ClN5O2/c1-21-11-4-2-3-9(14)8(11)5-17-13(20)10-6-16-7-12(18-10)19-15/h2-4,6-7H,5,15H2,1H3,(H,17,20)(H,18,19). The number of anilines is 1. The number of nitrogens with two attached hydrogens (primary N) is 1. The molecular formula is C13H14ClN5O2. The fourth-order valence-electron chi connectivity index (χ4n) is 1.71. The zero-order valence-electron chi connectivity index (χ0n) is 11.3. The molecule has 0 bridgehead atoms. The minimum Gasteiger partial charge on any atom is -0.496 e. The lowest BCUT2D eigenvalue weighted by atomic mass is 10.2. The van der Waals surface area contributed by atoms with Gasteiger partial charge in [0.25, 0.3) is 5.91 Å². The Bertz CT molecular complexity index is 650. The number of rotatable bonds is 5. The molecule has 8 heteroatoms. The van der Waals surface area contributed by atoms with Gasteiger partial charge in [0.05, 0.1) is 19.5 Å². The third-order valence-electron chi connectivity index (χ3n) is 2.74. The first-order valence-electron chi connectivity index (χ1n) is 6.04. The maximum Gasteiger partial charge on any atom is 0.271 e. The lowest BCUT2D eigenvalue weighted by molar-refractivity contribution is 0.0945. The van der Waals surface area contributed by atoms with Crippen LogP contribution < -0.4 is 21.3 Å². The van der Waals surface area contributed by atoms with E-state index in [9.17, 15) is 4.79 Å². The number of carbonyl (C=O) groups excluding carboxylic acids is 1. The highest BCUT2D eigenvalue weighted by atomic mass is 35.5. The summed E-state index contributed by atoms with van der Waals surface area (Å²) in [6.07, 6.45) is 2.76. The van der Waals surface area contributed by atoms with Gasteiger partial charge in [-0.05, 0) is 12.1 Å². The lowest BCUT2D eigenvalue weighted by Gasteiger charge is -2.11. The van der Waals surface area contributed by atoms with Gasteiger partial charge in [-0.2, -0.15) is 0 Å². The van der Waals surface area contributed by atoms with Crippen LogP contribution >= 0.6 is 11.6 Å². The zero-order chi connectivity index (χ0) is 15.2. The minimum absolute atomic E-state index is 0.150. The van der Waals surface area contributed by atoms with Crippen molar-refractivity contribution in [2.24, 2.45) is 5.84 Å². The van der Waals surface area contributed by atoms with Crippen molar-refractivity contribution in [2.45, 2.75) is 6.54 Å². The molecule has 1 aromatic carbocycles. The third kappa shape index (κ3) is 3.59. The van der Waals surface area contributed by atoms with Gasteiger partial charge in [-0.15, -0.1) is 0 Å². The summed E-state index contributed by atoms with van der Waals surface area (Å²) in [6, 6.07) is 5.27. The number of amides is 1. The van der Waals surface area contributed by atoms with Crippen molar-refractivity contribution in [2.75, 3.05) is 12.5 Å². The Kier molecular flexibility index (Phi) is 4.91. The first-order valence-corrected chi connectivity index (χ1v) is 6.41. The highest BCUT2D eigenvalue weighted by Gasteiger charge is 2.12. The van der Waals surface area contributed by atoms with E-state index in [0.29, 0.717) is 22.2 Å². The van der Waals surface area contributed by atoms with Crippen LogP contribution in [0.15, 0.2) is 30.6 Å². The Labute approximate surface area is 126 Å². The highest BCUT2D eigenvalue weighted by molar-refractivity contribution is 6.31. The molecule has 0 aliphatic heterocycles. The Morgan fingerprint density at radius 2 is 2.24 bits per heavy atom. The molecule has 0 saturated heterocycles. The molecule has 0 saturated carbocycles. The fraction of sp³-hybridized carbons (Fsp3) is 0.154. The van der Waals surface area contributed by atoms with Crippen molar-refractivity contribution < 1.29 is 9.53 Å². The summed E-state index contributed by atoms with van der Waals surface area (Å²) < 4.78 is 5.21. The molecule has 0 atom stereocenters. The Hall–Kier alpha value is -2.38. The third-order valence-corrected chi connectivity index (χ3v) is 3.09. The topological polar surface area (TPSA) is 102 Å². The molecule has 2 aromatic rings. The van der Waals surface area contributed by atoms with Crippen LogP contribution in [0.1, 0.15) is 16.1 Å². The number of hydrogen-bond acceptors (Lipinski definition) is 6. The van der Waals surface area contributed by atoms with Gasteiger partial charge < -0.3 is 15.5 Å². The molecule has 0 aliphatic carbocycles. The Balaban J connectivity index is 2.11. The Morgan fingerprint density at radius 3 is 2.95 bits per heavy atom. The van der Waals surface area contributed by atoms with Gasteiger partial charge in [0.15, 0.2) is 5.82 Å². The van der Waals surface area contributed by atoms with Crippen molar-refractivity contribution in [3.8, 4) is 5.75 Å². The van der Waals surface area contributed by atoms with E-state index in [1.165, 1.54) is 12.4 Å². The molecule has 0 radical (unpaired) electrons. The number of methoxy groups -OCH3 is 1.